The third kappa shape index (κ3) is 1.71. The molecule has 0 aliphatic carbocycles. The number of nitrogens with one attached hydrogen (secondary N) is 1. The highest BCUT2D eigenvalue weighted by atomic mass is 32.1. The van der Waals surface area contributed by atoms with Gasteiger partial charge in [0.05, 0.1) is 10.2 Å². The second kappa shape index (κ2) is 5.12. The van der Waals surface area contributed by atoms with Crippen LogP contribution in [0.1, 0.15) is 0 Å². The summed E-state index contributed by atoms with van der Waals surface area (Å²) < 4.78 is 2.71. The molecule has 28 heavy (non-hydrogen) atoms. The van der Waals surface area contributed by atoms with Gasteiger partial charge in [0.15, 0.2) is 0 Å². The highest BCUT2D eigenvalue weighted by Crippen LogP contribution is 2.47. The molecule has 0 saturated carbocycles. The molecule has 0 bridgehead atoms. The molecule has 0 amide bonds. The van der Waals surface area contributed by atoms with Crippen LogP contribution in [0.15, 0.2) is 84.9 Å². The van der Waals surface area contributed by atoms with Gasteiger partial charge in [0.2, 0.25) is 0 Å². The molecule has 0 unspecified atom stereocenters. The predicted octanol–water partition coefficient (Wildman–Crippen LogP) is 8.00. The quantitative estimate of drug-likeness (QED) is 0.277. The van der Waals surface area contributed by atoms with E-state index in [-0.39, 0.29) is 0 Å². The van der Waals surface area contributed by atoms with Gasteiger partial charge >= 0.3 is 0 Å². The van der Waals surface area contributed by atoms with Gasteiger partial charge in [-0.3, -0.25) is 0 Å². The van der Waals surface area contributed by atoms with Crippen LogP contribution in [-0.2, 0) is 0 Å². The summed E-state index contributed by atoms with van der Waals surface area (Å²) in [4.78, 5) is 3.73. The molecule has 0 saturated heterocycles. The van der Waals surface area contributed by atoms with Gasteiger partial charge in [-0.05, 0) is 33.7 Å². The number of aromatic amines is 1. The average molecular weight is 373 g/mol. The second-order valence-corrected chi connectivity index (χ2v) is 8.48. The van der Waals surface area contributed by atoms with Crippen LogP contribution in [0.4, 0.5) is 0 Å². The van der Waals surface area contributed by atoms with Crippen molar-refractivity contribution in [3.05, 3.63) is 84.9 Å². The second-order valence-electron chi connectivity index (χ2n) is 7.43. The molecule has 130 valence electrons. The van der Waals surface area contributed by atoms with Gasteiger partial charge in [-0.1, -0.05) is 72.8 Å². The van der Waals surface area contributed by atoms with Crippen LogP contribution in [0.25, 0.3) is 63.5 Å². The first kappa shape index (κ1) is 14.7. The fourth-order valence-electron chi connectivity index (χ4n) is 4.81. The zero-order valence-electron chi connectivity index (χ0n) is 15.0. The predicted molar refractivity (Wildman–Crippen MR) is 124 cm³/mol. The van der Waals surface area contributed by atoms with Gasteiger partial charge in [-0.25, -0.2) is 0 Å². The van der Waals surface area contributed by atoms with Gasteiger partial charge in [0.1, 0.15) is 0 Å². The van der Waals surface area contributed by atoms with Gasteiger partial charge in [-0.15, -0.1) is 11.3 Å². The lowest BCUT2D eigenvalue weighted by atomic mass is 9.97. The Labute approximate surface area is 164 Å². The summed E-state index contributed by atoms with van der Waals surface area (Å²) in [6, 6.07) is 30.8. The van der Waals surface area contributed by atoms with E-state index in [1.54, 1.807) is 0 Å². The maximum absolute atomic E-state index is 3.73. The summed E-state index contributed by atoms with van der Waals surface area (Å²) in [7, 11) is 0. The van der Waals surface area contributed by atoms with E-state index < -0.39 is 0 Å². The summed E-state index contributed by atoms with van der Waals surface area (Å²) in [5.41, 5.74) is 2.47. The monoisotopic (exact) mass is 373 g/mol. The molecule has 0 aliphatic rings. The van der Waals surface area contributed by atoms with E-state index in [2.05, 4.69) is 89.9 Å². The number of H-pyrrole nitrogens is 1. The maximum Gasteiger partial charge on any atom is 0.0653 e. The lowest BCUT2D eigenvalue weighted by Crippen LogP contribution is -1.79. The van der Waals surface area contributed by atoms with Gasteiger partial charge in [0, 0.05) is 31.8 Å². The molecule has 0 fully saturated rings. The molecule has 1 N–H and O–H groups in total. The van der Waals surface area contributed by atoms with Crippen molar-refractivity contribution >= 4 is 74.9 Å². The Morgan fingerprint density at radius 2 is 1.21 bits per heavy atom. The molecule has 7 rings (SSSR count). The summed E-state index contributed by atoms with van der Waals surface area (Å²) in [6.45, 7) is 0. The smallest absolute Gasteiger partial charge is 0.0653 e. The first-order chi connectivity index (χ1) is 13.9. The molecule has 7 aromatic rings. The van der Waals surface area contributed by atoms with Crippen LogP contribution in [0.3, 0.4) is 0 Å². The first-order valence-corrected chi connectivity index (χ1v) is 10.4. The number of rotatable bonds is 0. The summed E-state index contributed by atoms with van der Waals surface area (Å²) >= 11 is 1.90. The Morgan fingerprint density at radius 1 is 0.536 bits per heavy atom. The standard InChI is InChI=1S/C26H15NS/c1-2-8-16-15(7-1)13-14-21-23(16)24-18-10-4-3-9-17(18)22-19-11-5-6-12-20(19)27-25(22)26(24)28-21/h1-14,27H. The minimum absolute atomic E-state index is 1.21. The highest BCUT2D eigenvalue weighted by molar-refractivity contribution is 7.27. The number of hydrogen-bond acceptors (Lipinski definition) is 1. The Hall–Kier alpha value is -3.36. The topological polar surface area (TPSA) is 15.8 Å². The molecule has 0 radical (unpaired) electrons. The van der Waals surface area contributed by atoms with Crippen molar-refractivity contribution in [2.75, 3.05) is 0 Å². The fraction of sp³-hybridized carbons (Fsp3) is 0. The van der Waals surface area contributed by atoms with Crippen molar-refractivity contribution in [3.8, 4) is 0 Å². The molecule has 2 heteroatoms. The molecular formula is C26H15NS. The van der Waals surface area contributed by atoms with E-state index in [1.807, 2.05) is 11.3 Å². The highest BCUT2D eigenvalue weighted by Gasteiger charge is 2.18. The Bertz CT molecular complexity index is 1720. The van der Waals surface area contributed by atoms with Crippen molar-refractivity contribution < 1.29 is 0 Å². The van der Waals surface area contributed by atoms with Gasteiger partial charge in [0.25, 0.3) is 0 Å². The molecule has 2 aromatic heterocycles. The SMILES string of the molecule is c1ccc2c(c1)ccc1sc3c4[nH]c5ccccc5c4c4ccccc4c3c12. The number of fused-ring (bicyclic) bond motifs is 12. The van der Waals surface area contributed by atoms with Crippen molar-refractivity contribution in [1.82, 2.24) is 4.98 Å². The zero-order valence-corrected chi connectivity index (χ0v) is 15.8. The van der Waals surface area contributed by atoms with Crippen molar-refractivity contribution in [2.45, 2.75) is 0 Å². The summed E-state index contributed by atoms with van der Waals surface area (Å²) in [5, 5.41) is 10.7. The minimum Gasteiger partial charge on any atom is -0.353 e. The molecule has 5 aromatic carbocycles. The van der Waals surface area contributed by atoms with E-state index in [0.717, 1.165) is 0 Å². The summed E-state index contributed by atoms with van der Waals surface area (Å²) in [6.07, 6.45) is 0. The number of hydrogen-bond donors (Lipinski definition) is 1. The van der Waals surface area contributed by atoms with E-state index in [0.29, 0.717) is 0 Å². The molecule has 1 nitrogen and oxygen atoms in total. The van der Waals surface area contributed by atoms with Crippen LogP contribution in [0.5, 0.6) is 0 Å². The average Bonchev–Trinajstić information content (AvgIpc) is 3.33. The molecule has 0 aliphatic heterocycles. The number of para-hydroxylation sites is 1. The van der Waals surface area contributed by atoms with E-state index in [4.69, 9.17) is 0 Å². The van der Waals surface area contributed by atoms with Crippen molar-refractivity contribution in [1.29, 1.82) is 0 Å². The third-order valence-corrected chi connectivity index (χ3v) is 7.15. The van der Waals surface area contributed by atoms with Crippen LogP contribution in [0.2, 0.25) is 0 Å². The molecule has 0 spiro atoms. The van der Waals surface area contributed by atoms with Gasteiger partial charge in [-0.2, -0.15) is 0 Å². The normalized spacial score (nSPS) is 12.3. The van der Waals surface area contributed by atoms with E-state index in [9.17, 15) is 0 Å². The largest absolute Gasteiger partial charge is 0.353 e. The zero-order chi connectivity index (χ0) is 18.2. The van der Waals surface area contributed by atoms with Crippen LogP contribution in [0, 0.1) is 0 Å². The van der Waals surface area contributed by atoms with Crippen molar-refractivity contribution in [3.63, 3.8) is 0 Å². The first-order valence-electron chi connectivity index (χ1n) is 9.55. The Morgan fingerprint density at radius 3 is 2.07 bits per heavy atom. The third-order valence-electron chi connectivity index (χ3n) is 5.98. The van der Waals surface area contributed by atoms with Crippen LogP contribution in [-0.4, -0.2) is 4.98 Å². The molecular weight excluding hydrogens is 358 g/mol. The lowest BCUT2D eigenvalue weighted by Gasteiger charge is -2.06. The summed E-state index contributed by atoms with van der Waals surface area (Å²) in [5.74, 6) is 0. The van der Waals surface area contributed by atoms with E-state index in [1.165, 1.54) is 63.5 Å². The fourth-order valence-corrected chi connectivity index (χ4v) is 6.05. The Balaban J connectivity index is 1.90. The molecule has 0 atom stereocenters. The molecule has 2 heterocycles. The minimum atomic E-state index is 1.21. The maximum atomic E-state index is 3.73. The number of benzene rings is 5. The van der Waals surface area contributed by atoms with Crippen LogP contribution < -0.4 is 0 Å². The van der Waals surface area contributed by atoms with Crippen LogP contribution >= 0.6 is 11.3 Å². The lowest BCUT2D eigenvalue weighted by molar-refractivity contribution is 1.57. The number of thiophene rings is 1. The Kier molecular flexibility index (Phi) is 2.68. The van der Waals surface area contributed by atoms with Crippen molar-refractivity contribution in [2.24, 2.45) is 0 Å². The van der Waals surface area contributed by atoms with E-state index >= 15 is 0 Å². The van der Waals surface area contributed by atoms with Gasteiger partial charge < -0.3 is 4.98 Å². The number of aromatic nitrogens is 1.